The molecule has 0 bridgehead atoms. The summed E-state index contributed by atoms with van der Waals surface area (Å²) < 4.78 is 19.0. The van der Waals surface area contributed by atoms with Crippen LogP contribution in [0.4, 0.5) is 21.5 Å². The van der Waals surface area contributed by atoms with Gasteiger partial charge in [-0.1, -0.05) is 6.08 Å². The van der Waals surface area contributed by atoms with E-state index in [1.54, 1.807) is 0 Å². The van der Waals surface area contributed by atoms with Crippen LogP contribution in [-0.4, -0.2) is 22.4 Å². The molecule has 2 rings (SSSR count). The summed E-state index contributed by atoms with van der Waals surface area (Å²) in [5.41, 5.74) is -0.417. The van der Waals surface area contributed by atoms with Crippen molar-refractivity contribution in [3.05, 3.63) is 80.7 Å². The monoisotopic (exact) mass is 375 g/mol. The van der Waals surface area contributed by atoms with E-state index in [1.165, 1.54) is 24.3 Å². The molecule has 10 heteroatoms. The van der Waals surface area contributed by atoms with E-state index < -0.39 is 28.2 Å². The van der Waals surface area contributed by atoms with Gasteiger partial charge in [0.25, 0.3) is 17.3 Å². The Hall–Kier alpha value is -3.82. The van der Waals surface area contributed by atoms with Crippen LogP contribution in [-0.2, 0) is 11.2 Å². The van der Waals surface area contributed by atoms with E-state index in [0.717, 1.165) is 18.2 Å². The summed E-state index contributed by atoms with van der Waals surface area (Å²) in [4.78, 5) is 32.2. The Morgan fingerprint density at radius 1 is 1.15 bits per heavy atom. The Morgan fingerprint density at radius 3 is 2.41 bits per heavy atom. The van der Waals surface area contributed by atoms with Gasteiger partial charge in [0.1, 0.15) is 11.6 Å². The SMILES string of the molecule is C=CCc1cc([N+](=O)[O-])ccc1OCC(=O)Nc1cc([N+](=O)[O-])ccc1F. The molecule has 0 aliphatic heterocycles. The fourth-order valence-electron chi connectivity index (χ4n) is 2.19. The van der Waals surface area contributed by atoms with Gasteiger partial charge in [-0.2, -0.15) is 0 Å². The number of rotatable bonds is 8. The summed E-state index contributed by atoms with van der Waals surface area (Å²) in [6.45, 7) is 3.03. The molecule has 2 aromatic carbocycles. The van der Waals surface area contributed by atoms with Crippen LogP contribution in [0.5, 0.6) is 5.75 Å². The van der Waals surface area contributed by atoms with Gasteiger partial charge in [-0.15, -0.1) is 6.58 Å². The Labute approximate surface area is 152 Å². The summed E-state index contributed by atoms with van der Waals surface area (Å²) in [5, 5.41) is 23.7. The number of anilines is 1. The summed E-state index contributed by atoms with van der Waals surface area (Å²) >= 11 is 0. The standard InChI is InChI=1S/C17H14FN3O6/c1-2-3-11-8-12(20(23)24)5-7-16(11)27-10-17(22)19-15-9-13(21(25)26)4-6-14(15)18/h2,4-9H,1,3,10H2,(H,19,22). The third kappa shape index (κ3) is 5.08. The lowest BCUT2D eigenvalue weighted by atomic mass is 10.1. The van der Waals surface area contributed by atoms with Crippen LogP contribution in [0, 0.1) is 26.0 Å². The maximum Gasteiger partial charge on any atom is 0.271 e. The first-order valence-corrected chi connectivity index (χ1v) is 7.56. The lowest BCUT2D eigenvalue weighted by Gasteiger charge is -2.11. The van der Waals surface area contributed by atoms with Crippen molar-refractivity contribution < 1.29 is 23.8 Å². The number of allylic oxidation sites excluding steroid dienone is 1. The molecule has 0 saturated heterocycles. The van der Waals surface area contributed by atoms with Crippen LogP contribution >= 0.6 is 0 Å². The smallest absolute Gasteiger partial charge is 0.271 e. The van der Waals surface area contributed by atoms with Crippen molar-refractivity contribution in [2.75, 3.05) is 11.9 Å². The van der Waals surface area contributed by atoms with Crippen molar-refractivity contribution in [3.8, 4) is 5.75 Å². The number of non-ortho nitro benzene ring substituents is 2. The molecule has 0 aromatic heterocycles. The molecule has 9 nitrogen and oxygen atoms in total. The van der Waals surface area contributed by atoms with Crippen molar-refractivity contribution in [2.24, 2.45) is 0 Å². The number of hydrogen-bond donors (Lipinski definition) is 1. The number of nitro groups is 2. The first-order valence-electron chi connectivity index (χ1n) is 7.56. The van der Waals surface area contributed by atoms with E-state index in [4.69, 9.17) is 4.74 Å². The minimum atomic E-state index is -0.836. The predicted molar refractivity (Wildman–Crippen MR) is 94.2 cm³/mol. The first-order chi connectivity index (χ1) is 12.8. The van der Waals surface area contributed by atoms with Crippen LogP contribution in [0.1, 0.15) is 5.56 Å². The summed E-state index contributed by atoms with van der Waals surface area (Å²) in [7, 11) is 0. The number of nitrogens with one attached hydrogen (secondary N) is 1. The van der Waals surface area contributed by atoms with Crippen LogP contribution in [0.15, 0.2) is 49.1 Å². The highest BCUT2D eigenvalue weighted by Crippen LogP contribution is 2.25. The fraction of sp³-hybridized carbons (Fsp3) is 0.118. The highest BCUT2D eigenvalue weighted by atomic mass is 19.1. The number of halogens is 1. The Bertz CT molecular complexity index is 916. The van der Waals surface area contributed by atoms with E-state index in [9.17, 15) is 29.4 Å². The van der Waals surface area contributed by atoms with Gasteiger partial charge in [-0.3, -0.25) is 25.0 Å². The fourth-order valence-corrected chi connectivity index (χ4v) is 2.19. The van der Waals surface area contributed by atoms with E-state index in [1.807, 2.05) is 0 Å². The Morgan fingerprint density at radius 2 is 1.78 bits per heavy atom. The van der Waals surface area contributed by atoms with E-state index in [0.29, 0.717) is 5.56 Å². The van der Waals surface area contributed by atoms with Gasteiger partial charge >= 0.3 is 0 Å². The molecule has 0 unspecified atom stereocenters. The van der Waals surface area contributed by atoms with Gasteiger partial charge in [0, 0.05) is 29.8 Å². The summed E-state index contributed by atoms with van der Waals surface area (Å²) in [6.07, 6.45) is 1.79. The molecular formula is C17H14FN3O6. The number of hydrogen-bond acceptors (Lipinski definition) is 6. The van der Waals surface area contributed by atoms with Crippen LogP contribution in [0.25, 0.3) is 0 Å². The first kappa shape index (κ1) is 19.5. The molecule has 0 heterocycles. The van der Waals surface area contributed by atoms with Gasteiger partial charge in [0.05, 0.1) is 15.5 Å². The highest BCUT2D eigenvalue weighted by molar-refractivity contribution is 5.92. The molecule has 140 valence electrons. The number of ether oxygens (including phenoxy) is 1. The third-order valence-electron chi connectivity index (χ3n) is 3.41. The molecule has 0 aliphatic carbocycles. The molecule has 0 fully saturated rings. The van der Waals surface area contributed by atoms with Gasteiger partial charge in [0.2, 0.25) is 0 Å². The van der Waals surface area contributed by atoms with Crippen LogP contribution in [0.2, 0.25) is 0 Å². The number of amides is 1. The second kappa shape index (κ2) is 8.52. The van der Waals surface area contributed by atoms with Gasteiger partial charge in [0.15, 0.2) is 6.61 Å². The highest BCUT2D eigenvalue weighted by Gasteiger charge is 2.15. The van der Waals surface area contributed by atoms with Crippen molar-refractivity contribution in [1.29, 1.82) is 0 Å². The molecule has 0 saturated carbocycles. The Kier molecular flexibility index (Phi) is 6.15. The van der Waals surface area contributed by atoms with E-state index in [-0.39, 0.29) is 29.2 Å². The largest absolute Gasteiger partial charge is 0.483 e. The van der Waals surface area contributed by atoms with Crippen molar-refractivity contribution >= 4 is 23.0 Å². The molecule has 0 spiro atoms. The maximum absolute atomic E-state index is 13.7. The number of benzene rings is 2. The molecule has 2 aromatic rings. The van der Waals surface area contributed by atoms with Crippen LogP contribution in [0.3, 0.4) is 0 Å². The van der Waals surface area contributed by atoms with Crippen LogP contribution < -0.4 is 10.1 Å². The van der Waals surface area contributed by atoms with Crippen molar-refractivity contribution in [2.45, 2.75) is 6.42 Å². The lowest BCUT2D eigenvalue weighted by Crippen LogP contribution is -2.21. The molecule has 1 N–H and O–H groups in total. The number of carbonyl (C=O) groups is 1. The lowest BCUT2D eigenvalue weighted by molar-refractivity contribution is -0.385. The topological polar surface area (TPSA) is 125 Å². The number of carbonyl (C=O) groups excluding carboxylic acids is 1. The molecule has 1 amide bonds. The van der Waals surface area contributed by atoms with Crippen molar-refractivity contribution in [1.82, 2.24) is 0 Å². The molecule has 0 aliphatic rings. The van der Waals surface area contributed by atoms with Gasteiger partial charge in [-0.25, -0.2) is 4.39 Å². The average molecular weight is 375 g/mol. The van der Waals surface area contributed by atoms with Gasteiger partial charge < -0.3 is 10.1 Å². The summed E-state index contributed by atoms with van der Waals surface area (Å²) in [5.74, 6) is -1.36. The van der Waals surface area contributed by atoms with E-state index >= 15 is 0 Å². The summed E-state index contributed by atoms with van der Waals surface area (Å²) in [6, 6.07) is 6.60. The van der Waals surface area contributed by atoms with Crippen molar-refractivity contribution in [3.63, 3.8) is 0 Å². The average Bonchev–Trinajstić information content (AvgIpc) is 2.62. The molecular weight excluding hydrogens is 361 g/mol. The molecule has 0 atom stereocenters. The zero-order chi connectivity index (χ0) is 20.0. The predicted octanol–water partition coefficient (Wildman–Crippen LogP) is 3.39. The zero-order valence-electron chi connectivity index (χ0n) is 13.9. The Balaban J connectivity index is 2.09. The zero-order valence-corrected chi connectivity index (χ0v) is 13.9. The van der Waals surface area contributed by atoms with E-state index in [2.05, 4.69) is 11.9 Å². The number of nitrogens with zero attached hydrogens (tertiary/aromatic N) is 2. The molecule has 0 radical (unpaired) electrons. The number of nitro benzene ring substituents is 2. The maximum atomic E-state index is 13.7. The minimum absolute atomic E-state index is 0.137. The quantitative estimate of drug-likeness (QED) is 0.428. The minimum Gasteiger partial charge on any atom is -0.483 e. The van der Waals surface area contributed by atoms with Gasteiger partial charge in [-0.05, 0) is 18.6 Å². The third-order valence-corrected chi connectivity index (χ3v) is 3.41. The normalized spacial score (nSPS) is 10.1. The second-order valence-electron chi connectivity index (χ2n) is 5.30. The molecule has 27 heavy (non-hydrogen) atoms. The second-order valence-corrected chi connectivity index (χ2v) is 5.30.